The van der Waals surface area contributed by atoms with Gasteiger partial charge in [-0.15, -0.1) is 0 Å². The minimum atomic E-state index is -4.10. The normalized spacial score (nSPS) is 20.1. The lowest BCUT2D eigenvalue weighted by Crippen LogP contribution is -2.45. The number of alkyl halides is 3. The molecule has 2 rings (SSSR count). The third kappa shape index (κ3) is 4.11. The summed E-state index contributed by atoms with van der Waals surface area (Å²) >= 11 is 0. The van der Waals surface area contributed by atoms with E-state index in [9.17, 15) is 13.2 Å². The predicted molar refractivity (Wildman–Crippen MR) is 70.1 cm³/mol. The first-order valence-electron chi connectivity index (χ1n) is 6.73. The van der Waals surface area contributed by atoms with Crippen molar-refractivity contribution in [1.82, 2.24) is 5.43 Å². The molecule has 0 amide bonds. The SMILES string of the molecule is NNC(CCCC(F)(F)F)C1COc2ccccc2C1. The first-order valence-corrected chi connectivity index (χ1v) is 6.73. The first-order chi connectivity index (χ1) is 9.49. The van der Waals surface area contributed by atoms with Crippen molar-refractivity contribution in [3.05, 3.63) is 29.8 Å². The molecule has 0 saturated carbocycles. The molecule has 1 aromatic rings. The molecule has 0 saturated heterocycles. The molecule has 0 bridgehead atoms. The van der Waals surface area contributed by atoms with Crippen molar-refractivity contribution >= 4 is 0 Å². The minimum absolute atomic E-state index is 0.0799. The summed E-state index contributed by atoms with van der Waals surface area (Å²) in [5.74, 6) is 6.44. The topological polar surface area (TPSA) is 47.3 Å². The molecule has 0 radical (unpaired) electrons. The molecule has 1 aromatic carbocycles. The summed E-state index contributed by atoms with van der Waals surface area (Å²) in [6, 6.07) is 7.55. The van der Waals surface area contributed by atoms with E-state index in [0.717, 1.165) is 17.7 Å². The van der Waals surface area contributed by atoms with Gasteiger partial charge in [-0.3, -0.25) is 11.3 Å². The summed E-state index contributed by atoms with van der Waals surface area (Å²) < 4.78 is 42.2. The van der Waals surface area contributed by atoms with E-state index in [-0.39, 0.29) is 18.4 Å². The Bertz CT molecular complexity index is 437. The number of nitrogens with two attached hydrogens (primary N) is 1. The molecule has 3 nitrogen and oxygen atoms in total. The van der Waals surface area contributed by atoms with Gasteiger partial charge in [-0.05, 0) is 30.9 Å². The highest BCUT2D eigenvalue weighted by atomic mass is 19.4. The van der Waals surface area contributed by atoms with Crippen LogP contribution in [0.2, 0.25) is 0 Å². The first kappa shape index (κ1) is 15.1. The molecule has 6 heteroatoms. The van der Waals surface area contributed by atoms with Crippen LogP contribution in [-0.4, -0.2) is 18.8 Å². The fourth-order valence-electron chi connectivity index (χ4n) is 2.59. The summed E-state index contributed by atoms with van der Waals surface area (Å²) in [6.45, 7) is 0.484. The Labute approximate surface area is 116 Å². The summed E-state index contributed by atoms with van der Waals surface area (Å²) in [5, 5.41) is 0. The van der Waals surface area contributed by atoms with Gasteiger partial charge in [0, 0.05) is 18.4 Å². The Morgan fingerprint density at radius 2 is 2.10 bits per heavy atom. The largest absolute Gasteiger partial charge is 0.493 e. The van der Waals surface area contributed by atoms with Gasteiger partial charge >= 0.3 is 6.18 Å². The van der Waals surface area contributed by atoms with Crippen molar-refractivity contribution in [2.45, 2.75) is 37.9 Å². The smallest absolute Gasteiger partial charge is 0.389 e. The second-order valence-electron chi connectivity index (χ2n) is 5.16. The molecule has 1 heterocycles. The second-order valence-corrected chi connectivity index (χ2v) is 5.16. The molecule has 1 aliphatic heterocycles. The Morgan fingerprint density at radius 1 is 1.35 bits per heavy atom. The van der Waals surface area contributed by atoms with Gasteiger partial charge in [0.25, 0.3) is 0 Å². The summed E-state index contributed by atoms with van der Waals surface area (Å²) in [7, 11) is 0. The molecule has 3 N–H and O–H groups in total. The van der Waals surface area contributed by atoms with E-state index in [4.69, 9.17) is 10.6 Å². The molecule has 2 atom stereocenters. The number of fused-ring (bicyclic) bond motifs is 1. The van der Waals surface area contributed by atoms with Gasteiger partial charge in [0.05, 0.1) is 6.61 Å². The highest BCUT2D eigenvalue weighted by Gasteiger charge is 2.30. The van der Waals surface area contributed by atoms with Crippen LogP contribution in [0.4, 0.5) is 13.2 Å². The monoisotopic (exact) mass is 288 g/mol. The van der Waals surface area contributed by atoms with Gasteiger partial charge < -0.3 is 4.74 Å². The zero-order valence-electron chi connectivity index (χ0n) is 11.1. The van der Waals surface area contributed by atoms with Crippen molar-refractivity contribution < 1.29 is 17.9 Å². The number of nitrogens with one attached hydrogen (secondary N) is 1. The van der Waals surface area contributed by atoms with Crippen LogP contribution in [0.15, 0.2) is 24.3 Å². The van der Waals surface area contributed by atoms with Crippen LogP contribution in [0.25, 0.3) is 0 Å². The number of benzene rings is 1. The van der Waals surface area contributed by atoms with E-state index in [2.05, 4.69) is 5.43 Å². The van der Waals surface area contributed by atoms with Crippen LogP contribution in [0.1, 0.15) is 24.8 Å². The number of para-hydroxylation sites is 1. The summed E-state index contributed by atoms with van der Waals surface area (Å²) in [6.07, 6.45) is -3.62. The molecule has 112 valence electrons. The second kappa shape index (κ2) is 6.45. The van der Waals surface area contributed by atoms with Gasteiger partial charge in [0.1, 0.15) is 5.75 Å². The predicted octanol–water partition coefficient (Wildman–Crippen LogP) is 2.80. The van der Waals surface area contributed by atoms with E-state index in [1.54, 1.807) is 0 Å². The highest BCUT2D eigenvalue weighted by molar-refractivity contribution is 5.35. The Balaban J connectivity index is 1.90. The molecular weight excluding hydrogens is 269 g/mol. The maximum atomic E-state index is 12.2. The minimum Gasteiger partial charge on any atom is -0.493 e. The molecule has 0 aromatic heterocycles. The van der Waals surface area contributed by atoms with Crippen LogP contribution >= 0.6 is 0 Å². The lowest BCUT2D eigenvalue weighted by molar-refractivity contribution is -0.136. The third-order valence-corrected chi connectivity index (χ3v) is 3.67. The molecule has 20 heavy (non-hydrogen) atoms. The fourth-order valence-corrected chi connectivity index (χ4v) is 2.59. The van der Waals surface area contributed by atoms with Crippen molar-refractivity contribution in [3.63, 3.8) is 0 Å². The van der Waals surface area contributed by atoms with Crippen LogP contribution in [0.3, 0.4) is 0 Å². The quantitative estimate of drug-likeness (QED) is 0.647. The van der Waals surface area contributed by atoms with E-state index in [1.165, 1.54) is 0 Å². The molecule has 1 aliphatic rings. The van der Waals surface area contributed by atoms with Gasteiger partial charge in [-0.2, -0.15) is 13.2 Å². The molecule has 0 aliphatic carbocycles. The van der Waals surface area contributed by atoms with E-state index in [0.29, 0.717) is 13.0 Å². The van der Waals surface area contributed by atoms with Crippen molar-refractivity contribution in [2.75, 3.05) is 6.61 Å². The van der Waals surface area contributed by atoms with Crippen LogP contribution in [-0.2, 0) is 6.42 Å². The Hall–Kier alpha value is -1.27. The van der Waals surface area contributed by atoms with Crippen LogP contribution < -0.4 is 16.0 Å². The number of halogens is 3. The zero-order chi connectivity index (χ0) is 14.6. The van der Waals surface area contributed by atoms with Gasteiger partial charge in [-0.1, -0.05) is 18.2 Å². The number of hydrazine groups is 1. The highest BCUT2D eigenvalue weighted by Crippen LogP contribution is 2.30. The number of rotatable bonds is 5. The average molecular weight is 288 g/mol. The number of hydrogen-bond donors (Lipinski definition) is 2. The number of ether oxygens (including phenoxy) is 1. The summed E-state index contributed by atoms with van der Waals surface area (Å²) in [5.41, 5.74) is 3.72. The van der Waals surface area contributed by atoms with Crippen LogP contribution in [0, 0.1) is 5.92 Å². The van der Waals surface area contributed by atoms with Gasteiger partial charge in [0.2, 0.25) is 0 Å². The van der Waals surface area contributed by atoms with Gasteiger partial charge in [-0.25, -0.2) is 0 Å². The fraction of sp³-hybridized carbons (Fsp3) is 0.571. The third-order valence-electron chi connectivity index (χ3n) is 3.67. The Kier molecular flexibility index (Phi) is 4.88. The van der Waals surface area contributed by atoms with E-state index in [1.807, 2.05) is 24.3 Å². The zero-order valence-corrected chi connectivity index (χ0v) is 11.1. The van der Waals surface area contributed by atoms with Crippen LogP contribution in [0.5, 0.6) is 5.75 Å². The molecule has 2 unspecified atom stereocenters. The van der Waals surface area contributed by atoms with E-state index < -0.39 is 12.6 Å². The maximum absolute atomic E-state index is 12.2. The molecule has 0 spiro atoms. The van der Waals surface area contributed by atoms with Crippen molar-refractivity contribution in [3.8, 4) is 5.75 Å². The maximum Gasteiger partial charge on any atom is 0.389 e. The number of hydrogen-bond acceptors (Lipinski definition) is 3. The van der Waals surface area contributed by atoms with E-state index >= 15 is 0 Å². The standard InChI is InChI=1S/C14H19F3N2O/c15-14(16,17)7-3-5-12(19-18)11-8-10-4-1-2-6-13(10)20-9-11/h1-2,4,6,11-12,19H,3,5,7-9,18H2. The van der Waals surface area contributed by atoms with Crippen molar-refractivity contribution in [2.24, 2.45) is 11.8 Å². The molecule has 0 fully saturated rings. The summed E-state index contributed by atoms with van der Waals surface area (Å²) in [4.78, 5) is 0. The van der Waals surface area contributed by atoms with Gasteiger partial charge in [0.15, 0.2) is 0 Å². The molecular formula is C14H19F3N2O. The Morgan fingerprint density at radius 3 is 2.80 bits per heavy atom. The average Bonchev–Trinajstić information content (AvgIpc) is 2.42. The lowest BCUT2D eigenvalue weighted by Gasteiger charge is -2.31. The lowest BCUT2D eigenvalue weighted by atomic mass is 9.88. The van der Waals surface area contributed by atoms with Crippen molar-refractivity contribution in [1.29, 1.82) is 0 Å².